The number of nitrogen functional groups attached to an aromatic ring is 1. The molecule has 0 saturated carbocycles. The molecule has 5 rings (SSSR count). The normalized spacial score (nSPS) is 20.6. The number of benzene rings is 1. The molecule has 10 heteroatoms. The van der Waals surface area contributed by atoms with Gasteiger partial charge in [-0.25, -0.2) is 15.0 Å². The van der Waals surface area contributed by atoms with E-state index in [9.17, 15) is 5.11 Å². The van der Waals surface area contributed by atoms with E-state index in [-0.39, 0.29) is 12.8 Å². The van der Waals surface area contributed by atoms with Gasteiger partial charge >= 0.3 is 0 Å². The molecule has 174 valence electrons. The van der Waals surface area contributed by atoms with Crippen molar-refractivity contribution >= 4 is 27.8 Å². The van der Waals surface area contributed by atoms with E-state index in [0.717, 1.165) is 10.8 Å². The van der Waals surface area contributed by atoms with E-state index in [0.29, 0.717) is 34.8 Å². The first-order valence-corrected chi connectivity index (χ1v) is 10.9. The first-order valence-electron chi connectivity index (χ1n) is 10.9. The Morgan fingerprint density at radius 1 is 1.26 bits per heavy atom. The van der Waals surface area contributed by atoms with E-state index in [1.165, 1.54) is 6.33 Å². The maximum absolute atomic E-state index is 10.3. The molecule has 0 bridgehead atoms. The van der Waals surface area contributed by atoms with Crippen molar-refractivity contribution in [2.24, 2.45) is 0 Å². The van der Waals surface area contributed by atoms with Crippen molar-refractivity contribution in [1.82, 2.24) is 19.5 Å². The van der Waals surface area contributed by atoms with Crippen LogP contribution in [0.5, 0.6) is 5.75 Å². The SMILES string of the molecule is CC(C)(O)O[C@H]1C[C@H](n2ccc3c(N)ncnc32)O[C@@H]1COc1ccc2ccc(C#N)nc2c1. The molecule has 1 fully saturated rings. The summed E-state index contributed by atoms with van der Waals surface area (Å²) in [6.07, 6.45) is 2.49. The van der Waals surface area contributed by atoms with Crippen molar-refractivity contribution < 1.29 is 19.3 Å². The zero-order valence-electron chi connectivity index (χ0n) is 18.8. The summed E-state index contributed by atoms with van der Waals surface area (Å²) in [5.74, 6) is -0.348. The third-order valence-corrected chi connectivity index (χ3v) is 5.66. The lowest BCUT2D eigenvalue weighted by atomic mass is 10.1. The van der Waals surface area contributed by atoms with Gasteiger partial charge in [0.25, 0.3) is 0 Å². The Kier molecular flexibility index (Phi) is 5.53. The summed E-state index contributed by atoms with van der Waals surface area (Å²) in [7, 11) is 0. The molecule has 0 unspecified atom stereocenters. The molecule has 0 radical (unpaired) electrons. The van der Waals surface area contributed by atoms with Crippen molar-refractivity contribution in [2.45, 2.75) is 44.5 Å². The van der Waals surface area contributed by atoms with Crippen molar-refractivity contribution in [3.63, 3.8) is 0 Å². The fourth-order valence-corrected chi connectivity index (χ4v) is 4.17. The number of aromatic nitrogens is 4. The predicted octanol–water partition coefficient (Wildman–Crippen LogP) is 2.91. The minimum Gasteiger partial charge on any atom is -0.491 e. The van der Waals surface area contributed by atoms with Gasteiger partial charge in [0, 0.05) is 24.1 Å². The minimum absolute atomic E-state index is 0.191. The lowest BCUT2D eigenvalue weighted by Crippen LogP contribution is -2.37. The van der Waals surface area contributed by atoms with Gasteiger partial charge in [0.1, 0.15) is 54.2 Å². The Balaban J connectivity index is 1.37. The Morgan fingerprint density at radius 2 is 2.09 bits per heavy atom. The van der Waals surface area contributed by atoms with E-state index < -0.39 is 18.0 Å². The van der Waals surface area contributed by atoms with Crippen LogP contribution in [0.3, 0.4) is 0 Å². The third kappa shape index (κ3) is 4.36. The maximum atomic E-state index is 10.3. The van der Waals surface area contributed by atoms with Crippen molar-refractivity contribution in [3.05, 3.63) is 54.6 Å². The monoisotopic (exact) mass is 460 g/mol. The van der Waals surface area contributed by atoms with E-state index in [1.807, 2.05) is 41.1 Å². The van der Waals surface area contributed by atoms with Crippen LogP contribution in [0.4, 0.5) is 5.82 Å². The number of nitrogens with zero attached hydrogens (tertiary/aromatic N) is 5. The highest BCUT2D eigenvalue weighted by atomic mass is 16.7. The number of anilines is 1. The van der Waals surface area contributed by atoms with E-state index in [1.54, 1.807) is 26.0 Å². The fourth-order valence-electron chi connectivity index (χ4n) is 4.17. The zero-order chi connectivity index (χ0) is 23.9. The van der Waals surface area contributed by atoms with Crippen LogP contribution in [0.25, 0.3) is 21.9 Å². The number of fused-ring (bicyclic) bond motifs is 2. The van der Waals surface area contributed by atoms with E-state index >= 15 is 0 Å². The average molecular weight is 460 g/mol. The number of rotatable bonds is 6. The van der Waals surface area contributed by atoms with Crippen LogP contribution >= 0.6 is 0 Å². The summed E-state index contributed by atoms with van der Waals surface area (Å²) in [6, 6.07) is 12.9. The molecule has 3 aromatic heterocycles. The van der Waals surface area contributed by atoms with Crippen LogP contribution in [0, 0.1) is 11.3 Å². The molecule has 3 N–H and O–H groups in total. The second-order valence-corrected chi connectivity index (χ2v) is 8.66. The third-order valence-electron chi connectivity index (χ3n) is 5.66. The first kappa shape index (κ1) is 22.0. The molecule has 1 aliphatic rings. The summed E-state index contributed by atoms with van der Waals surface area (Å²) >= 11 is 0. The molecule has 34 heavy (non-hydrogen) atoms. The van der Waals surface area contributed by atoms with Crippen LogP contribution in [0.1, 0.15) is 32.2 Å². The van der Waals surface area contributed by atoms with Gasteiger partial charge in [-0.2, -0.15) is 5.26 Å². The molecule has 1 aliphatic heterocycles. The Hall–Kier alpha value is -3.78. The van der Waals surface area contributed by atoms with Crippen LogP contribution in [0.15, 0.2) is 48.9 Å². The lowest BCUT2D eigenvalue weighted by molar-refractivity contribution is -0.216. The number of hydrogen-bond acceptors (Lipinski definition) is 9. The van der Waals surface area contributed by atoms with Crippen molar-refractivity contribution in [2.75, 3.05) is 12.3 Å². The predicted molar refractivity (Wildman–Crippen MR) is 124 cm³/mol. The van der Waals surface area contributed by atoms with Gasteiger partial charge in [-0.05, 0) is 44.2 Å². The Morgan fingerprint density at radius 3 is 2.88 bits per heavy atom. The number of hydrogen-bond donors (Lipinski definition) is 2. The van der Waals surface area contributed by atoms with Gasteiger partial charge in [0.2, 0.25) is 0 Å². The summed E-state index contributed by atoms with van der Waals surface area (Å²) in [6.45, 7) is 3.36. The maximum Gasteiger partial charge on any atom is 0.160 e. The second-order valence-electron chi connectivity index (χ2n) is 8.66. The molecule has 4 heterocycles. The Labute approximate surface area is 195 Å². The van der Waals surface area contributed by atoms with Gasteiger partial charge in [-0.3, -0.25) is 0 Å². The van der Waals surface area contributed by atoms with E-state index in [4.69, 9.17) is 25.2 Å². The smallest absolute Gasteiger partial charge is 0.160 e. The first-order chi connectivity index (χ1) is 16.3. The number of nitrogens with two attached hydrogens (primary N) is 1. The van der Waals surface area contributed by atoms with E-state index in [2.05, 4.69) is 15.0 Å². The number of nitriles is 1. The molecular formula is C24H24N6O4. The summed E-state index contributed by atoms with van der Waals surface area (Å²) < 4.78 is 20.1. The van der Waals surface area contributed by atoms with Crippen molar-refractivity contribution in [3.8, 4) is 11.8 Å². The molecule has 0 aliphatic carbocycles. The number of ether oxygens (including phenoxy) is 3. The highest BCUT2D eigenvalue weighted by Gasteiger charge is 2.40. The average Bonchev–Trinajstić information content (AvgIpc) is 3.40. The summed E-state index contributed by atoms with van der Waals surface area (Å²) in [5.41, 5.74) is 7.64. The molecule has 0 spiro atoms. The largest absolute Gasteiger partial charge is 0.491 e. The molecule has 1 aromatic carbocycles. The molecule has 1 saturated heterocycles. The zero-order valence-corrected chi connectivity index (χ0v) is 18.8. The molecule has 3 atom stereocenters. The summed E-state index contributed by atoms with van der Waals surface area (Å²) in [5, 5.41) is 21.0. The Bertz CT molecular complexity index is 1390. The van der Waals surface area contributed by atoms with Gasteiger partial charge in [-0.15, -0.1) is 0 Å². The quantitative estimate of drug-likeness (QED) is 0.415. The molecular weight excluding hydrogens is 436 g/mol. The van der Waals surface area contributed by atoms with Gasteiger partial charge in [0.15, 0.2) is 5.79 Å². The standard InChI is InChI=1S/C24H24N6O4/c1-24(2,31)34-19-10-21(30-8-7-17-22(26)27-13-28-23(17)30)33-20(19)12-32-16-6-4-14-3-5-15(11-25)29-18(14)9-16/h3-9,13,19-21,31H,10,12H2,1-2H3,(H2,26,27,28)/t19-,20+,21+/m0/s1. The fraction of sp³-hybridized carbons (Fsp3) is 0.333. The lowest BCUT2D eigenvalue weighted by Gasteiger charge is -2.26. The van der Waals surface area contributed by atoms with Crippen LogP contribution in [-0.2, 0) is 9.47 Å². The van der Waals surface area contributed by atoms with Crippen molar-refractivity contribution in [1.29, 1.82) is 5.26 Å². The number of pyridine rings is 1. The van der Waals surface area contributed by atoms with Crippen LogP contribution < -0.4 is 10.5 Å². The van der Waals surface area contributed by atoms with Crippen LogP contribution in [0.2, 0.25) is 0 Å². The summed E-state index contributed by atoms with van der Waals surface area (Å²) in [4.78, 5) is 12.7. The highest BCUT2D eigenvalue weighted by Crippen LogP contribution is 2.35. The highest BCUT2D eigenvalue weighted by molar-refractivity contribution is 5.86. The minimum atomic E-state index is -1.34. The molecule has 10 nitrogen and oxygen atoms in total. The van der Waals surface area contributed by atoms with Crippen LogP contribution in [-0.4, -0.2) is 49.2 Å². The topological polar surface area (TPSA) is 141 Å². The second kappa shape index (κ2) is 8.53. The molecule has 0 amide bonds. The number of aliphatic hydroxyl groups is 1. The van der Waals surface area contributed by atoms with Gasteiger partial charge in [0.05, 0.1) is 17.0 Å². The van der Waals surface area contributed by atoms with Gasteiger partial charge in [-0.1, -0.05) is 0 Å². The van der Waals surface area contributed by atoms with Gasteiger partial charge < -0.3 is 29.6 Å². The molecule has 4 aromatic rings.